The summed E-state index contributed by atoms with van der Waals surface area (Å²) in [5, 5.41) is 19.2. The summed E-state index contributed by atoms with van der Waals surface area (Å²) in [5.74, 6) is -0.423. The molecule has 3 rings (SSSR count). The highest BCUT2D eigenvalue weighted by Gasteiger charge is 2.22. The van der Waals surface area contributed by atoms with E-state index in [-0.39, 0.29) is 18.0 Å². The molecule has 1 aromatic heterocycles. The van der Waals surface area contributed by atoms with E-state index in [9.17, 15) is 14.7 Å². The molecule has 0 aliphatic rings. The molecule has 0 saturated carbocycles. The van der Waals surface area contributed by atoms with Crippen molar-refractivity contribution < 1.29 is 28.6 Å². The molecule has 5 N–H and O–H groups in total. The van der Waals surface area contributed by atoms with Crippen LogP contribution in [0, 0.1) is 5.41 Å². The molecular formula is C23H23N3O6. The fourth-order valence-electron chi connectivity index (χ4n) is 2.84. The lowest BCUT2D eigenvalue weighted by atomic mass is 10.1. The normalized spacial score (nSPS) is 11.4. The number of hydrogen-bond acceptors (Lipinski definition) is 6. The number of benzene rings is 2. The van der Waals surface area contributed by atoms with Gasteiger partial charge in [-0.3, -0.25) is 10.2 Å². The lowest BCUT2D eigenvalue weighted by Gasteiger charge is -2.14. The monoisotopic (exact) mass is 437 g/mol. The molecule has 0 unspecified atom stereocenters. The highest BCUT2D eigenvalue weighted by Crippen LogP contribution is 2.15. The summed E-state index contributed by atoms with van der Waals surface area (Å²) in [6, 6.07) is 15.7. The zero-order chi connectivity index (χ0) is 22.9. The van der Waals surface area contributed by atoms with E-state index in [2.05, 4.69) is 5.32 Å². The zero-order valence-electron chi connectivity index (χ0n) is 17.1. The first-order valence-electron chi connectivity index (χ1n) is 9.78. The van der Waals surface area contributed by atoms with Crippen molar-refractivity contribution in [2.24, 2.45) is 5.73 Å². The maximum absolute atomic E-state index is 12.0. The first kappa shape index (κ1) is 22.4. The summed E-state index contributed by atoms with van der Waals surface area (Å²) in [7, 11) is 0. The lowest BCUT2D eigenvalue weighted by Crippen LogP contribution is -2.42. The fraction of sp³-hybridized carbons (Fsp3) is 0.174. The van der Waals surface area contributed by atoms with Gasteiger partial charge in [0.15, 0.2) is 5.76 Å². The van der Waals surface area contributed by atoms with Crippen molar-refractivity contribution in [3.05, 3.63) is 83.8 Å². The standard InChI is InChI=1S/C23H23N3O6/c24-21(25)16-5-9-18(10-6-16)31-13-12-30-17-7-3-15(4-8-17)14-19(23(28)29)26-22(27)20-2-1-11-32-20/h1-11,19H,12-14H2,(H3,24,25)(H,26,27)(H,28,29)/t19-/m0/s1. The number of ether oxygens (including phenoxy) is 2. The molecule has 0 spiro atoms. The molecule has 9 nitrogen and oxygen atoms in total. The van der Waals surface area contributed by atoms with Crippen molar-refractivity contribution in [2.45, 2.75) is 12.5 Å². The maximum Gasteiger partial charge on any atom is 0.326 e. The quantitative estimate of drug-likeness (QED) is 0.205. The van der Waals surface area contributed by atoms with Gasteiger partial charge in [0.1, 0.15) is 36.6 Å². The Morgan fingerprint density at radius 2 is 1.59 bits per heavy atom. The first-order valence-corrected chi connectivity index (χ1v) is 9.78. The fourth-order valence-corrected chi connectivity index (χ4v) is 2.84. The molecule has 1 amide bonds. The Kier molecular flexibility index (Phi) is 7.47. The molecule has 166 valence electrons. The third kappa shape index (κ3) is 6.36. The first-order chi connectivity index (χ1) is 15.4. The van der Waals surface area contributed by atoms with Crippen molar-refractivity contribution in [1.29, 1.82) is 5.41 Å². The largest absolute Gasteiger partial charge is 0.490 e. The smallest absolute Gasteiger partial charge is 0.326 e. The molecule has 1 heterocycles. The molecule has 32 heavy (non-hydrogen) atoms. The van der Waals surface area contributed by atoms with Crippen LogP contribution in [0.3, 0.4) is 0 Å². The van der Waals surface area contributed by atoms with Gasteiger partial charge in [-0.15, -0.1) is 0 Å². The SMILES string of the molecule is N=C(N)c1ccc(OCCOc2ccc(C[C@H](NC(=O)c3ccco3)C(=O)O)cc2)cc1. The number of nitrogen functional groups attached to an aromatic ring is 1. The van der Waals surface area contributed by atoms with Crippen LogP contribution in [0.5, 0.6) is 11.5 Å². The topological polar surface area (TPSA) is 148 Å². The van der Waals surface area contributed by atoms with E-state index in [1.54, 1.807) is 54.6 Å². The highest BCUT2D eigenvalue weighted by molar-refractivity contribution is 5.95. The Morgan fingerprint density at radius 3 is 2.09 bits per heavy atom. The van der Waals surface area contributed by atoms with Crippen molar-refractivity contribution >= 4 is 17.7 Å². The second-order valence-electron chi connectivity index (χ2n) is 6.82. The number of carbonyl (C=O) groups is 2. The van der Waals surface area contributed by atoms with Gasteiger partial charge in [0.05, 0.1) is 6.26 Å². The van der Waals surface area contributed by atoms with E-state index in [1.807, 2.05) is 0 Å². The van der Waals surface area contributed by atoms with Crippen LogP contribution in [0.2, 0.25) is 0 Å². The third-order valence-electron chi connectivity index (χ3n) is 4.50. The number of hydrogen-bond donors (Lipinski definition) is 4. The Morgan fingerprint density at radius 1 is 1.00 bits per heavy atom. The maximum atomic E-state index is 12.0. The van der Waals surface area contributed by atoms with Gasteiger partial charge < -0.3 is 30.0 Å². The molecule has 3 aromatic rings. The van der Waals surface area contributed by atoms with E-state index in [0.29, 0.717) is 30.3 Å². The number of amidine groups is 1. The van der Waals surface area contributed by atoms with Crippen LogP contribution in [0.4, 0.5) is 0 Å². The molecule has 0 fully saturated rings. The second kappa shape index (κ2) is 10.7. The summed E-state index contributed by atoms with van der Waals surface area (Å²) in [5.41, 5.74) is 6.77. The highest BCUT2D eigenvalue weighted by atomic mass is 16.5. The molecule has 0 aliphatic heterocycles. The molecule has 2 aromatic carbocycles. The van der Waals surface area contributed by atoms with Crippen LogP contribution >= 0.6 is 0 Å². The average molecular weight is 437 g/mol. The Hall–Kier alpha value is -4.27. The van der Waals surface area contributed by atoms with Crippen molar-refractivity contribution in [3.8, 4) is 11.5 Å². The summed E-state index contributed by atoms with van der Waals surface area (Å²) >= 11 is 0. The molecule has 0 aliphatic carbocycles. The molecule has 9 heteroatoms. The Balaban J connectivity index is 1.45. The number of nitrogens with one attached hydrogen (secondary N) is 2. The van der Waals surface area contributed by atoms with Crippen LogP contribution in [0.1, 0.15) is 21.7 Å². The van der Waals surface area contributed by atoms with Crippen LogP contribution in [-0.4, -0.2) is 42.1 Å². The summed E-state index contributed by atoms with van der Waals surface area (Å²) in [4.78, 5) is 23.6. The van der Waals surface area contributed by atoms with Crippen LogP contribution in [0.25, 0.3) is 0 Å². The Labute approximate surface area is 184 Å². The number of aliphatic carboxylic acids is 1. The minimum absolute atomic E-state index is 0.00194. The minimum atomic E-state index is -1.14. The summed E-state index contributed by atoms with van der Waals surface area (Å²) in [6.07, 6.45) is 1.46. The van der Waals surface area contributed by atoms with Crippen molar-refractivity contribution in [2.75, 3.05) is 13.2 Å². The van der Waals surface area contributed by atoms with Gasteiger partial charge in [0.2, 0.25) is 0 Å². The van der Waals surface area contributed by atoms with E-state index in [1.165, 1.54) is 12.3 Å². The second-order valence-corrected chi connectivity index (χ2v) is 6.82. The van der Waals surface area contributed by atoms with Gasteiger partial charge >= 0.3 is 5.97 Å². The van der Waals surface area contributed by atoms with Gasteiger partial charge in [-0.05, 0) is 54.1 Å². The number of carbonyl (C=O) groups excluding carboxylic acids is 1. The molecule has 1 atom stereocenters. The van der Waals surface area contributed by atoms with Crippen LogP contribution in [0.15, 0.2) is 71.3 Å². The van der Waals surface area contributed by atoms with E-state index in [0.717, 1.165) is 5.56 Å². The van der Waals surface area contributed by atoms with Gasteiger partial charge in [-0.25, -0.2) is 4.79 Å². The number of carboxylic acids is 1. The minimum Gasteiger partial charge on any atom is -0.490 e. The Bertz CT molecular complexity index is 1050. The van der Waals surface area contributed by atoms with Gasteiger partial charge in [0.25, 0.3) is 5.91 Å². The van der Waals surface area contributed by atoms with Crippen molar-refractivity contribution in [1.82, 2.24) is 5.32 Å². The summed E-state index contributed by atoms with van der Waals surface area (Å²) in [6.45, 7) is 0.631. The van der Waals surface area contributed by atoms with Gasteiger partial charge in [-0.1, -0.05) is 12.1 Å². The number of rotatable bonds is 11. The van der Waals surface area contributed by atoms with Crippen molar-refractivity contribution in [3.63, 3.8) is 0 Å². The van der Waals surface area contributed by atoms with E-state index in [4.69, 9.17) is 25.0 Å². The molecule has 0 saturated heterocycles. The predicted molar refractivity (Wildman–Crippen MR) is 116 cm³/mol. The summed E-state index contributed by atoms with van der Waals surface area (Å²) < 4.78 is 16.2. The number of amides is 1. The number of nitrogens with two attached hydrogens (primary N) is 1. The lowest BCUT2D eigenvalue weighted by molar-refractivity contribution is -0.139. The van der Waals surface area contributed by atoms with Gasteiger partial charge in [-0.2, -0.15) is 0 Å². The van der Waals surface area contributed by atoms with Gasteiger partial charge in [0, 0.05) is 12.0 Å². The predicted octanol–water partition coefficient (Wildman–Crippen LogP) is 2.45. The number of furan rings is 1. The zero-order valence-corrected chi connectivity index (χ0v) is 17.1. The molecule has 0 bridgehead atoms. The molecular weight excluding hydrogens is 414 g/mol. The van der Waals surface area contributed by atoms with E-state index >= 15 is 0 Å². The molecule has 0 radical (unpaired) electrons. The van der Waals surface area contributed by atoms with Crippen LogP contribution < -0.4 is 20.5 Å². The third-order valence-corrected chi connectivity index (χ3v) is 4.50. The number of carboxylic acid groups (broad SMARTS) is 1. The van der Waals surface area contributed by atoms with E-state index < -0.39 is 17.9 Å². The average Bonchev–Trinajstić information content (AvgIpc) is 3.33. The van der Waals surface area contributed by atoms with Crippen LogP contribution in [-0.2, 0) is 11.2 Å².